The first-order valence-electron chi connectivity index (χ1n) is 3.40. The van der Waals surface area contributed by atoms with Crippen LogP contribution < -0.4 is 0 Å². The van der Waals surface area contributed by atoms with Crippen LogP contribution in [0, 0.1) is 5.92 Å². The van der Waals surface area contributed by atoms with Gasteiger partial charge in [-0.1, -0.05) is 0 Å². The van der Waals surface area contributed by atoms with Gasteiger partial charge in [-0.25, -0.2) is 0 Å². The van der Waals surface area contributed by atoms with Gasteiger partial charge in [0.25, 0.3) is 0 Å². The number of esters is 1. The number of carbonyl (C=O) groups excluding carboxylic acids is 1. The average Bonchev–Trinajstić information content (AvgIpc) is 2.09. The van der Waals surface area contributed by atoms with Gasteiger partial charge in [0.05, 0.1) is 5.92 Å². The molecule has 10 heavy (non-hydrogen) atoms. The van der Waals surface area contributed by atoms with Crippen LogP contribution in [0.1, 0.15) is 13.8 Å². The summed E-state index contributed by atoms with van der Waals surface area (Å²) in [6, 6.07) is 0. The van der Waals surface area contributed by atoms with E-state index < -0.39 is 0 Å². The Hall–Kier alpha value is -0.570. The second-order valence-electron chi connectivity index (χ2n) is 2.63. The van der Waals surface area contributed by atoms with Crippen LogP contribution >= 0.6 is 0 Å². The molecule has 0 saturated carbocycles. The largest absolute Gasteiger partial charge is 0.460 e. The first kappa shape index (κ1) is 7.54. The maximum Gasteiger partial charge on any atom is 0.311 e. The molecule has 1 saturated heterocycles. The van der Waals surface area contributed by atoms with Crippen molar-refractivity contribution >= 4 is 5.97 Å². The van der Waals surface area contributed by atoms with E-state index in [4.69, 9.17) is 9.47 Å². The SMILES string of the molecule is COC1C(C)OC(=O)C1C. The van der Waals surface area contributed by atoms with E-state index in [1.165, 1.54) is 0 Å². The minimum Gasteiger partial charge on any atom is -0.460 e. The summed E-state index contributed by atoms with van der Waals surface area (Å²) in [5.41, 5.74) is 0. The van der Waals surface area contributed by atoms with Crippen molar-refractivity contribution in [2.75, 3.05) is 7.11 Å². The number of ether oxygens (including phenoxy) is 2. The number of rotatable bonds is 1. The molecule has 0 spiro atoms. The molecule has 0 aliphatic carbocycles. The van der Waals surface area contributed by atoms with Crippen molar-refractivity contribution in [1.29, 1.82) is 0 Å². The molecule has 3 nitrogen and oxygen atoms in total. The molecule has 0 aromatic carbocycles. The molecule has 0 N–H and O–H groups in total. The Morgan fingerprint density at radius 1 is 1.50 bits per heavy atom. The van der Waals surface area contributed by atoms with Gasteiger partial charge in [-0.15, -0.1) is 0 Å². The molecule has 1 heterocycles. The first-order chi connectivity index (χ1) is 4.66. The average molecular weight is 144 g/mol. The van der Waals surface area contributed by atoms with Crippen molar-refractivity contribution in [2.24, 2.45) is 5.92 Å². The summed E-state index contributed by atoms with van der Waals surface area (Å²) in [5.74, 6) is -0.264. The number of hydrogen-bond acceptors (Lipinski definition) is 3. The fourth-order valence-electron chi connectivity index (χ4n) is 1.29. The van der Waals surface area contributed by atoms with E-state index in [1.807, 2.05) is 13.8 Å². The number of carbonyl (C=O) groups is 1. The van der Waals surface area contributed by atoms with Crippen molar-refractivity contribution in [3.8, 4) is 0 Å². The van der Waals surface area contributed by atoms with Gasteiger partial charge in [0, 0.05) is 7.11 Å². The maximum atomic E-state index is 10.9. The van der Waals surface area contributed by atoms with Crippen molar-refractivity contribution in [2.45, 2.75) is 26.1 Å². The van der Waals surface area contributed by atoms with Crippen LogP contribution in [0.2, 0.25) is 0 Å². The van der Waals surface area contributed by atoms with Crippen molar-refractivity contribution in [3.63, 3.8) is 0 Å². The molecule has 3 heteroatoms. The van der Waals surface area contributed by atoms with Crippen LogP contribution in [0.15, 0.2) is 0 Å². The van der Waals surface area contributed by atoms with E-state index in [2.05, 4.69) is 0 Å². The summed E-state index contributed by atoms with van der Waals surface area (Å²) >= 11 is 0. The lowest BCUT2D eigenvalue weighted by molar-refractivity contribution is -0.143. The normalized spacial score (nSPS) is 39.9. The highest BCUT2D eigenvalue weighted by molar-refractivity contribution is 5.75. The topological polar surface area (TPSA) is 35.5 Å². The summed E-state index contributed by atoms with van der Waals surface area (Å²) in [6.07, 6.45) is -0.153. The number of cyclic esters (lactones) is 1. The highest BCUT2D eigenvalue weighted by atomic mass is 16.6. The molecular formula is C7H12O3. The maximum absolute atomic E-state index is 10.9. The van der Waals surface area contributed by atoms with E-state index in [0.717, 1.165) is 0 Å². The fourth-order valence-corrected chi connectivity index (χ4v) is 1.29. The Labute approximate surface area is 60.3 Å². The van der Waals surface area contributed by atoms with Gasteiger partial charge in [0.2, 0.25) is 0 Å². The van der Waals surface area contributed by atoms with Gasteiger partial charge >= 0.3 is 5.97 Å². The zero-order valence-corrected chi connectivity index (χ0v) is 6.46. The Kier molecular flexibility index (Phi) is 1.94. The standard InChI is InChI=1S/C7H12O3/c1-4-6(9-3)5(2)10-7(4)8/h4-6H,1-3H3. The van der Waals surface area contributed by atoms with Crippen LogP contribution in [-0.4, -0.2) is 25.3 Å². The van der Waals surface area contributed by atoms with E-state index in [-0.39, 0.29) is 24.1 Å². The van der Waals surface area contributed by atoms with Crippen LogP contribution in [0.5, 0.6) is 0 Å². The van der Waals surface area contributed by atoms with Gasteiger partial charge in [0.15, 0.2) is 0 Å². The van der Waals surface area contributed by atoms with Gasteiger partial charge < -0.3 is 9.47 Å². The lowest BCUT2D eigenvalue weighted by Crippen LogP contribution is -2.25. The third kappa shape index (κ3) is 1.01. The molecule has 0 amide bonds. The first-order valence-corrected chi connectivity index (χ1v) is 3.40. The van der Waals surface area contributed by atoms with Gasteiger partial charge in [0.1, 0.15) is 12.2 Å². The van der Waals surface area contributed by atoms with Crippen molar-refractivity contribution in [3.05, 3.63) is 0 Å². The lowest BCUT2D eigenvalue weighted by atomic mass is 10.1. The molecule has 0 aromatic heterocycles. The molecule has 1 rings (SSSR count). The van der Waals surface area contributed by atoms with Gasteiger partial charge in [-0.05, 0) is 13.8 Å². The smallest absolute Gasteiger partial charge is 0.311 e. The molecule has 1 aliphatic rings. The lowest BCUT2D eigenvalue weighted by Gasteiger charge is -2.12. The predicted molar refractivity (Wildman–Crippen MR) is 35.5 cm³/mol. The second kappa shape index (κ2) is 2.58. The molecule has 0 bridgehead atoms. The molecule has 1 aliphatic heterocycles. The molecule has 0 radical (unpaired) electrons. The number of methoxy groups -OCH3 is 1. The molecular weight excluding hydrogens is 132 g/mol. The number of hydrogen-bond donors (Lipinski definition) is 0. The highest BCUT2D eigenvalue weighted by Crippen LogP contribution is 2.22. The molecule has 3 atom stereocenters. The van der Waals surface area contributed by atoms with Gasteiger partial charge in [-0.2, -0.15) is 0 Å². The Morgan fingerprint density at radius 2 is 2.10 bits per heavy atom. The Morgan fingerprint density at radius 3 is 2.30 bits per heavy atom. The summed E-state index contributed by atoms with van der Waals surface area (Å²) in [7, 11) is 1.60. The summed E-state index contributed by atoms with van der Waals surface area (Å²) < 4.78 is 9.97. The fraction of sp³-hybridized carbons (Fsp3) is 0.857. The summed E-state index contributed by atoms with van der Waals surface area (Å²) in [4.78, 5) is 10.9. The molecule has 1 fully saturated rings. The predicted octanol–water partition coefficient (Wildman–Crippen LogP) is 0.583. The quantitative estimate of drug-likeness (QED) is 0.505. The Bertz CT molecular complexity index is 144. The molecule has 0 aromatic rings. The minimum atomic E-state index is -0.153. The van der Waals surface area contributed by atoms with E-state index in [1.54, 1.807) is 7.11 Å². The highest BCUT2D eigenvalue weighted by Gasteiger charge is 2.39. The van der Waals surface area contributed by atoms with Crippen molar-refractivity contribution in [1.82, 2.24) is 0 Å². The third-order valence-electron chi connectivity index (χ3n) is 1.90. The van der Waals surface area contributed by atoms with Crippen LogP contribution in [0.25, 0.3) is 0 Å². The van der Waals surface area contributed by atoms with E-state index >= 15 is 0 Å². The van der Waals surface area contributed by atoms with Crippen LogP contribution in [0.4, 0.5) is 0 Å². The van der Waals surface area contributed by atoms with Crippen LogP contribution in [0.3, 0.4) is 0 Å². The molecule has 58 valence electrons. The second-order valence-corrected chi connectivity index (χ2v) is 2.63. The summed E-state index contributed by atoms with van der Waals surface area (Å²) in [6.45, 7) is 3.66. The minimum absolute atomic E-state index is 0.0625. The zero-order chi connectivity index (χ0) is 7.72. The Balaban J connectivity index is 2.64. The zero-order valence-electron chi connectivity index (χ0n) is 6.46. The molecule has 3 unspecified atom stereocenters. The van der Waals surface area contributed by atoms with E-state index in [9.17, 15) is 4.79 Å². The monoisotopic (exact) mass is 144 g/mol. The van der Waals surface area contributed by atoms with E-state index in [0.29, 0.717) is 0 Å². The van der Waals surface area contributed by atoms with Gasteiger partial charge in [-0.3, -0.25) is 4.79 Å². The third-order valence-corrected chi connectivity index (χ3v) is 1.90. The summed E-state index contributed by atoms with van der Waals surface area (Å²) in [5, 5.41) is 0. The van der Waals surface area contributed by atoms with Crippen molar-refractivity contribution < 1.29 is 14.3 Å². The van der Waals surface area contributed by atoms with Crippen LogP contribution in [-0.2, 0) is 14.3 Å².